The van der Waals surface area contributed by atoms with Crippen LogP contribution in [-0.2, 0) is 11.3 Å². The third-order valence-corrected chi connectivity index (χ3v) is 5.35. The van der Waals surface area contributed by atoms with Crippen molar-refractivity contribution in [2.24, 2.45) is 4.99 Å². The van der Waals surface area contributed by atoms with E-state index in [1.54, 1.807) is 37.3 Å². The Bertz CT molecular complexity index is 1110. The second-order valence-electron chi connectivity index (χ2n) is 6.05. The number of esters is 1. The van der Waals surface area contributed by atoms with Gasteiger partial charge in [0.25, 0.3) is 5.91 Å². The number of rotatable bonds is 6. The van der Waals surface area contributed by atoms with E-state index in [-0.39, 0.29) is 5.97 Å². The Morgan fingerprint density at radius 1 is 1.00 bits per heavy atom. The van der Waals surface area contributed by atoms with Crippen LogP contribution in [0.15, 0.2) is 41.4 Å². The molecule has 0 bridgehead atoms. The van der Waals surface area contributed by atoms with Gasteiger partial charge in [0.15, 0.2) is 4.80 Å². The quantitative estimate of drug-likeness (QED) is 0.575. The molecule has 0 aliphatic heterocycles. The van der Waals surface area contributed by atoms with Crippen LogP contribution in [0.5, 0.6) is 11.5 Å². The van der Waals surface area contributed by atoms with E-state index in [2.05, 4.69) is 4.99 Å². The maximum absolute atomic E-state index is 12.8. The Balaban J connectivity index is 2.07. The van der Waals surface area contributed by atoms with Gasteiger partial charge in [-0.05, 0) is 44.2 Å². The predicted octanol–water partition coefficient (Wildman–Crippen LogP) is 3.66. The van der Waals surface area contributed by atoms with Crippen molar-refractivity contribution in [1.82, 2.24) is 4.57 Å². The van der Waals surface area contributed by atoms with Crippen molar-refractivity contribution in [2.45, 2.75) is 20.4 Å². The Hall–Kier alpha value is -3.13. The average molecular weight is 414 g/mol. The zero-order valence-electron chi connectivity index (χ0n) is 16.7. The minimum atomic E-state index is -0.401. The number of thiazole rings is 1. The zero-order valence-corrected chi connectivity index (χ0v) is 17.5. The van der Waals surface area contributed by atoms with E-state index in [0.29, 0.717) is 40.6 Å². The second kappa shape index (κ2) is 8.91. The molecule has 0 saturated heterocycles. The van der Waals surface area contributed by atoms with Crippen LogP contribution in [-0.4, -0.2) is 37.3 Å². The summed E-state index contributed by atoms with van der Waals surface area (Å²) in [5, 5.41) is 0. The van der Waals surface area contributed by atoms with Gasteiger partial charge >= 0.3 is 5.97 Å². The maximum Gasteiger partial charge on any atom is 0.338 e. The molecule has 0 unspecified atom stereocenters. The van der Waals surface area contributed by atoms with Gasteiger partial charge in [-0.3, -0.25) is 4.79 Å². The molecule has 0 atom stereocenters. The Morgan fingerprint density at radius 3 is 2.28 bits per heavy atom. The van der Waals surface area contributed by atoms with Crippen LogP contribution in [0.3, 0.4) is 0 Å². The van der Waals surface area contributed by atoms with Crippen LogP contribution in [0.4, 0.5) is 0 Å². The Morgan fingerprint density at radius 2 is 1.69 bits per heavy atom. The van der Waals surface area contributed by atoms with Gasteiger partial charge in [0.05, 0.1) is 36.6 Å². The molecular weight excluding hydrogens is 392 g/mol. The number of hydrogen-bond acceptors (Lipinski definition) is 6. The molecule has 152 valence electrons. The van der Waals surface area contributed by atoms with Gasteiger partial charge in [0, 0.05) is 18.2 Å². The number of nitrogens with zero attached hydrogens (tertiary/aromatic N) is 2. The lowest BCUT2D eigenvalue weighted by molar-refractivity contribution is 0.0526. The summed E-state index contributed by atoms with van der Waals surface area (Å²) >= 11 is 1.35. The van der Waals surface area contributed by atoms with Crippen molar-refractivity contribution in [3.63, 3.8) is 0 Å². The molecule has 7 nitrogen and oxygen atoms in total. The minimum Gasteiger partial charge on any atom is -0.497 e. The van der Waals surface area contributed by atoms with Crippen molar-refractivity contribution >= 4 is 33.4 Å². The summed E-state index contributed by atoms with van der Waals surface area (Å²) in [4.78, 5) is 29.7. The van der Waals surface area contributed by atoms with E-state index in [1.807, 2.05) is 17.6 Å². The number of amides is 1. The van der Waals surface area contributed by atoms with Crippen LogP contribution in [0.1, 0.15) is 34.6 Å². The third kappa shape index (κ3) is 4.32. The fourth-order valence-corrected chi connectivity index (χ4v) is 4.02. The molecule has 3 aromatic rings. The van der Waals surface area contributed by atoms with Gasteiger partial charge in [-0.1, -0.05) is 11.3 Å². The molecule has 0 saturated carbocycles. The molecule has 0 N–H and O–H groups in total. The molecule has 2 aromatic carbocycles. The number of ether oxygens (including phenoxy) is 3. The number of methoxy groups -OCH3 is 2. The lowest BCUT2D eigenvalue weighted by Gasteiger charge is -2.06. The van der Waals surface area contributed by atoms with Gasteiger partial charge in [-0.2, -0.15) is 4.99 Å². The fourth-order valence-electron chi connectivity index (χ4n) is 2.89. The van der Waals surface area contributed by atoms with Gasteiger partial charge in [-0.25, -0.2) is 4.79 Å². The van der Waals surface area contributed by atoms with E-state index < -0.39 is 5.91 Å². The van der Waals surface area contributed by atoms with E-state index in [1.165, 1.54) is 25.6 Å². The molecule has 0 spiro atoms. The molecule has 3 rings (SSSR count). The number of aryl methyl sites for hydroxylation is 1. The van der Waals surface area contributed by atoms with Crippen molar-refractivity contribution < 1.29 is 23.8 Å². The molecule has 0 fully saturated rings. The third-order valence-electron chi connectivity index (χ3n) is 4.31. The normalized spacial score (nSPS) is 11.5. The second-order valence-corrected chi connectivity index (χ2v) is 7.06. The molecule has 1 heterocycles. The predicted molar refractivity (Wildman–Crippen MR) is 111 cm³/mol. The molecule has 0 aliphatic rings. The molecule has 0 radical (unpaired) electrons. The highest BCUT2D eigenvalue weighted by Crippen LogP contribution is 2.23. The van der Waals surface area contributed by atoms with Crippen LogP contribution in [0.25, 0.3) is 10.2 Å². The summed E-state index contributed by atoms with van der Waals surface area (Å²) < 4.78 is 18.3. The molecule has 29 heavy (non-hydrogen) atoms. The number of carbonyl (C=O) groups excluding carboxylic acids is 2. The lowest BCUT2D eigenvalue weighted by Crippen LogP contribution is -2.16. The average Bonchev–Trinajstić information content (AvgIpc) is 3.09. The highest BCUT2D eigenvalue weighted by molar-refractivity contribution is 7.16. The summed E-state index contributed by atoms with van der Waals surface area (Å²) in [5.74, 6) is 0.258. The molecule has 1 aromatic heterocycles. The monoisotopic (exact) mass is 414 g/mol. The summed E-state index contributed by atoms with van der Waals surface area (Å²) in [6.45, 7) is 4.69. The Kier molecular flexibility index (Phi) is 6.33. The standard InChI is InChI=1S/C21H22N2O5S/c1-5-23-17-8-7-13(20(25)28-6-2)11-18(17)29-21(23)22-19(24)14-9-15(26-3)12-16(10-14)27-4/h7-12H,5-6H2,1-4H3. The van der Waals surface area contributed by atoms with Crippen molar-refractivity contribution in [3.8, 4) is 11.5 Å². The number of fused-ring (bicyclic) bond motifs is 1. The van der Waals surface area contributed by atoms with Gasteiger partial charge in [0.2, 0.25) is 0 Å². The van der Waals surface area contributed by atoms with Crippen LogP contribution >= 0.6 is 11.3 Å². The summed E-state index contributed by atoms with van der Waals surface area (Å²) in [6.07, 6.45) is 0. The highest BCUT2D eigenvalue weighted by atomic mass is 32.1. The SMILES string of the molecule is CCOC(=O)c1ccc2c(c1)sc(=NC(=O)c1cc(OC)cc(OC)c1)n2CC. The summed E-state index contributed by atoms with van der Waals surface area (Å²) in [5.41, 5.74) is 1.74. The first kappa shape index (κ1) is 20.6. The molecule has 1 amide bonds. The summed E-state index contributed by atoms with van der Waals surface area (Å²) in [7, 11) is 3.05. The van der Waals surface area contributed by atoms with Gasteiger partial charge < -0.3 is 18.8 Å². The first-order valence-electron chi connectivity index (χ1n) is 9.13. The molecule has 0 aliphatic carbocycles. The summed E-state index contributed by atoms with van der Waals surface area (Å²) in [6, 6.07) is 10.3. The van der Waals surface area contributed by atoms with E-state index in [0.717, 1.165) is 10.2 Å². The first-order chi connectivity index (χ1) is 14.0. The van der Waals surface area contributed by atoms with Crippen molar-refractivity contribution in [1.29, 1.82) is 0 Å². The van der Waals surface area contributed by atoms with Crippen LogP contribution in [0.2, 0.25) is 0 Å². The maximum atomic E-state index is 12.8. The van der Waals surface area contributed by atoms with Crippen LogP contribution in [0, 0.1) is 0 Å². The number of aromatic nitrogens is 1. The van der Waals surface area contributed by atoms with Gasteiger partial charge in [0.1, 0.15) is 11.5 Å². The molecule has 8 heteroatoms. The first-order valence-corrected chi connectivity index (χ1v) is 9.95. The topological polar surface area (TPSA) is 79.1 Å². The Labute approximate surface area is 172 Å². The number of benzene rings is 2. The van der Waals surface area contributed by atoms with Crippen molar-refractivity contribution in [3.05, 3.63) is 52.3 Å². The largest absolute Gasteiger partial charge is 0.497 e. The molecular formula is C21H22N2O5S. The minimum absolute atomic E-state index is 0.315. The van der Waals surface area contributed by atoms with E-state index in [9.17, 15) is 9.59 Å². The van der Waals surface area contributed by atoms with E-state index in [4.69, 9.17) is 14.2 Å². The number of hydrogen-bond donors (Lipinski definition) is 0. The number of carbonyl (C=O) groups is 2. The lowest BCUT2D eigenvalue weighted by atomic mass is 10.2. The van der Waals surface area contributed by atoms with Crippen LogP contribution < -0.4 is 14.3 Å². The zero-order chi connectivity index (χ0) is 21.0. The van der Waals surface area contributed by atoms with Crippen molar-refractivity contribution in [2.75, 3.05) is 20.8 Å². The van der Waals surface area contributed by atoms with Gasteiger partial charge in [-0.15, -0.1) is 0 Å². The van der Waals surface area contributed by atoms with E-state index >= 15 is 0 Å². The fraction of sp³-hybridized carbons (Fsp3) is 0.286. The highest BCUT2D eigenvalue weighted by Gasteiger charge is 2.13. The smallest absolute Gasteiger partial charge is 0.338 e.